The van der Waals surface area contributed by atoms with Crippen molar-refractivity contribution in [2.45, 2.75) is 32.6 Å². The molecule has 0 saturated carbocycles. The van der Waals surface area contributed by atoms with E-state index in [4.69, 9.17) is 5.11 Å². The summed E-state index contributed by atoms with van der Waals surface area (Å²) >= 11 is 0. The van der Waals surface area contributed by atoms with Crippen LogP contribution in [0.5, 0.6) is 0 Å². The predicted octanol–water partition coefficient (Wildman–Crippen LogP) is 2.22. The Kier molecular flexibility index (Phi) is 3.63. The number of aliphatic carboxylic acids is 1. The minimum Gasteiger partial charge on any atom is -0.481 e. The molecule has 0 fully saturated rings. The van der Waals surface area contributed by atoms with E-state index < -0.39 is 5.97 Å². The molecule has 76 valence electrons. The van der Waals surface area contributed by atoms with Gasteiger partial charge in [-0.2, -0.15) is 0 Å². The van der Waals surface area contributed by atoms with Crippen LogP contribution >= 0.6 is 0 Å². The number of rotatable bonds is 4. The molecular weight excluding hydrogens is 178 g/mol. The summed E-state index contributed by atoms with van der Waals surface area (Å²) in [4.78, 5) is 14.5. The second-order valence-corrected chi connectivity index (χ2v) is 3.67. The second kappa shape index (κ2) is 4.74. The molecule has 0 amide bonds. The molecule has 3 nitrogen and oxygen atoms in total. The highest BCUT2D eigenvalue weighted by molar-refractivity contribution is 5.67. The van der Waals surface area contributed by atoms with E-state index in [-0.39, 0.29) is 6.42 Å². The van der Waals surface area contributed by atoms with E-state index in [1.54, 1.807) is 6.20 Å². The van der Waals surface area contributed by atoms with Crippen LogP contribution in [-0.2, 0) is 11.2 Å². The van der Waals surface area contributed by atoms with E-state index in [2.05, 4.69) is 18.8 Å². The third kappa shape index (κ3) is 3.17. The monoisotopic (exact) mass is 193 g/mol. The molecular formula is C11H15NO2. The Hall–Kier alpha value is -1.38. The first-order valence-corrected chi connectivity index (χ1v) is 4.75. The summed E-state index contributed by atoms with van der Waals surface area (Å²) < 4.78 is 0. The van der Waals surface area contributed by atoms with Gasteiger partial charge < -0.3 is 5.11 Å². The standard InChI is InChI=1S/C11H15NO2/c1-8(2)10-5-9(6-12-7-10)3-4-11(13)14/h5-8H,3-4H2,1-2H3,(H,13,14). The molecule has 0 aromatic carbocycles. The molecule has 1 N–H and O–H groups in total. The van der Waals surface area contributed by atoms with E-state index in [0.29, 0.717) is 12.3 Å². The Bertz CT molecular complexity index is 321. The molecule has 0 radical (unpaired) electrons. The van der Waals surface area contributed by atoms with Gasteiger partial charge in [-0.3, -0.25) is 9.78 Å². The number of carboxylic acid groups (broad SMARTS) is 1. The first-order chi connectivity index (χ1) is 6.59. The number of carboxylic acids is 1. The number of aromatic nitrogens is 1. The molecule has 0 spiro atoms. The number of aryl methyl sites for hydroxylation is 1. The van der Waals surface area contributed by atoms with Crippen molar-refractivity contribution in [1.82, 2.24) is 4.98 Å². The van der Waals surface area contributed by atoms with Gasteiger partial charge in [0.15, 0.2) is 0 Å². The molecule has 3 heteroatoms. The number of hydrogen-bond acceptors (Lipinski definition) is 2. The molecule has 1 heterocycles. The highest BCUT2D eigenvalue weighted by Gasteiger charge is 2.03. The normalized spacial score (nSPS) is 10.5. The van der Waals surface area contributed by atoms with Crippen molar-refractivity contribution in [2.75, 3.05) is 0 Å². The fraction of sp³-hybridized carbons (Fsp3) is 0.455. The van der Waals surface area contributed by atoms with Crippen molar-refractivity contribution >= 4 is 5.97 Å². The summed E-state index contributed by atoms with van der Waals surface area (Å²) in [5.41, 5.74) is 2.16. The Morgan fingerprint density at radius 3 is 2.79 bits per heavy atom. The van der Waals surface area contributed by atoms with Crippen molar-refractivity contribution in [3.63, 3.8) is 0 Å². The fourth-order valence-corrected chi connectivity index (χ4v) is 1.21. The van der Waals surface area contributed by atoms with E-state index in [1.807, 2.05) is 12.3 Å². The lowest BCUT2D eigenvalue weighted by Crippen LogP contribution is -1.99. The quantitative estimate of drug-likeness (QED) is 0.797. The zero-order chi connectivity index (χ0) is 10.6. The average molecular weight is 193 g/mol. The van der Waals surface area contributed by atoms with Crippen LogP contribution in [0.1, 0.15) is 37.3 Å². The molecule has 0 aliphatic heterocycles. The van der Waals surface area contributed by atoms with Gasteiger partial charge in [-0.05, 0) is 23.5 Å². The molecule has 0 bridgehead atoms. The minimum absolute atomic E-state index is 0.170. The predicted molar refractivity (Wildman–Crippen MR) is 54.3 cm³/mol. The number of carbonyl (C=O) groups is 1. The van der Waals surface area contributed by atoms with Gasteiger partial charge in [0.05, 0.1) is 0 Å². The zero-order valence-electron chi connectivity index (χ0n) is 8.53. The van der Waals surface area contributed by atoms with Crippen LogP contribution in [0.4, 0.5) is 0 Å². The molecule has 0 aliphatic carbocycles. The van der Waals surface area contributed by atoms with Gasteiger partial charge in [0.2, 0.25) is 0 Å². The molecule has 14 heavy (non-hydrogen) atoms. The van der Waals surface area contributed by atoms with Gasteiger partial charge in [-0.1, -0.05) is 19.9 Å². The first-order valence-electron chi connectivity index (χ1n) is 4.75. The van der Waals surface area contributed by atoms with Crippen LogP contribution in [0.25, 0.3) is 0 Å². The molecule has 0 atom stereocenters. The van der Waals surface area contributed by atoms with Gasteiger partial charge in [0.1, 0.15) is 0 Å². The van der Waals surface area contributed by atoms with Gasteiger partial charge in [-0.15, -0.1) is 0 Å². The van der Waals surface area contributed by atoms with Crippen LogP contribution < -0.4 is 0 Å². The summed E-state index contributed by atoms with van der Waals surface area (Å²) in [6, 6.07) is 2.03. The van der Waals surface area contributed by atoms with Crippen molar-refractivity contribution < 1.29 is 9.90 Å². The third-order valence-electron chi connectivity index (χ3n) is 2.11. The lowest BCUT2D eigenvalue weighted by molar-refractivity contribution is -0.136. The summed E-state index contributed by atoms with van der Waals surface area (Å²) in [5.74, 6) is -0.327. The summed E-state index contributed by atoms with van der Waals surface area (Å²) in [5, 5.41) is 8.53. The summed E-state index contributed by atoms with van der Waals surface area (Å²) in [7, 11) is 0. The lowest BCUT2D eigenvalue weighted by atomic mass is 10.0. The molecule has 0 unspecified atom stereocenters. The van der Waals surface area contributed by atoms with Gasteiger partial charge in [0.25, 0.3) is 0 Å². The molecule has 1 aromatic heterocycles. The highest BCUT2D eigenvalue weighted by atomic mass is 16.4. The van der Waals surface area contributed by atoms with Crippen LogP contribution in [-0.4, -0.2) is 16.1 Å². The zero-order valence-corrected chi connectivity index (χ0v) is 8.53. The Morgan fingerprint density at radius 2 is 2.21 bits per heavy atom. The highest BCUT2D eigenvalue weighted by Crippen LogP contribution is 2.14. The fourth-order valence-electron chi connectivity index (χ4n) is 1.21. The van der Waals surface area contributed by atoms with E-state index in [0.717, 1.165) is 11.1 Å². The molecule has 0 aliphatic rings. The van der Waals surface area contributed by atoms with Gasteiger partial charge in [0, 0.05) is 18.8 Å². The SMILES string of the molecule is CC(C)c1cncc(CCC(=O)O)c1. The Balaban J connectivity index is 2.68. The summed E-state index contributed by atoms with van der Waals surface area (Å²) in [6.07, 6.45) is 4.29. The smallest absolute Gasteiger partial charge is 0.303 e. The second-order valence-electron chi connectivity index (χ2n) is 3.67. The van der Waals surface area contributed by atoms with E-state index >= 15 is 0 Å². The van der Waals surface area contributed by atoms with Crippen molar-refractivity contribution in [2.24, 2.45) is 0 Å². The number of hydrogen-bond donors (Lipinski definition) is 1. The maximum Gasteiger partial charge on any atom is 0.303 e. The van der Waals surface area contributed by atoms with Crippen LogP contribution in [0.3, 0.4) is 0 Å². The van der Waals surface area contributed by atoms with Gasteiger partial charge >= 0.3 is 5.97 Å². The minimum atomic E-state index is -0.764. The lowest BCUT2D eigenvalue weighted by Gasteiger charge is -2.06. The summed E-state index contributed by atoms with van der Waals surface area (Å²) in [6.45, 7) is 4.19. The molecule has 0 saturated heterocycles. The number of pyridine rings is 1. The topological polar surface area (TPSA) is 50.2 Å². The third-order valence-corrected chi connectivity index (χ3v) is 2.11. The number of nitrogens with zero attached hydrogens (tertiary/aromatic N) is 1. The van der Waals surface area contributed by atoms with Crippen LogP contribution in [0.2, 0.25) is 0 Å². The van der Waals surface area contributed by atoms with Crippen molar-refractivity contribution in [3.05, 3.63) is 29.6 Å². The largest absolute Gasteiger partial charge is 0.481 e. The molecule has 1 rings (SSSR count). The van der Waals surface area contributed by atoms with Crippen molar-refractivity contribution in [1.29, 1.82) is 0 Å². The Labute approximate surface area is 83.8 Å². The van der Waals surface area contributed by atoms with Crippen molar-refractivity contribution in [3.8, 4) is 0 Å². The molecule has 1 aromatic rings. The maximum atomic E-state index is 10.4. The first kappa shape index (κ1) is 10.7. The van der Waals surface area contributed by atoms with Gasteiger partial charge in [-0.25, -0.2) is 0 Å². The van der Waals surface area contributed by atoms with Crippen LogP contribution in [0, 0.1) is 0 Å². The van der Waals surface area contributed by atoms with Crippen LogP contribution in [0.15, 0.2) is 18.5 Å². The Morgan fingerprint density at radius 1 is 1.50 bits per heavy atom. The van der Waals surface area contributed by atoms with E-state index in [9.17, 15) is 4.79 Å². The average Bonchev–Trinajstić information content (AvgIpc) is 2.15. The van der Waals surface area contributed by atoms with E-state index in [1.165, 1.54) is 0 Å². The maximum absolute atomic E-state index is 10.4.